The summed E-state index contributed by atoms with van der Waals surface area (Å²) in [7, 11) is 0. The van der Waals surface area contributed by atoms with Gasteiger partial charge in [0.05, 0.1) is 22.8 Å². The number of hydrogen-bond donors (Lipinski definition) is 2. The number of rotatable bonds is 4. The van der Waals surface area contributed by atoms with Gasteiger partial charge in [-0.3, -0.25) is 4.79 Å². The molecule has 2 N–H and O–H groups in total. The van der Waals surface area contributed by atoms with Crippen LogP contribution in [0.5, 0.6) is 0 Å². The molecule has 1 aliphatic heterocycles. The maximum atomic E-state index is 15.5. The standard InChI is InChI=1S/C23H26F2N8O/c1-5-20(34)33-19-8-16(31-9-12(2)26-13(3)10-31)7-17(24)21(19)22(30-33)28-15-6-18(25)23-27-14(4)29-32(23)11-15/h6-8,11-13,26H,5,9-10H2,1-4H3,(H,28,30)/t12-,13-/m0/s1. The molecule has 4 aromatic rings. The summed E-state index contributed by atoms with van der Waals surface area (Å²) in [6.45, 7) is 8.98. The second kappa shape index (κ2) is 8.32. The van der Waals surface area contributed by atoms with E-state index in [-0.39, 0.29) is 41.3 Å². The molecule has 1 aliphatic rings. The number of pyridine rings is 1. The second-order valence-electron chi connectivity index (χ2n) is 8.83. The van der Waals surface area contributed by atoms with Gasteiger partial charge in [-0.15, -0.1) is 5.10 Å². The van der Waals surface area contributed by atoms with Crippen molar-refractivity contribution in [2.45, 2.75) is 46.2 Å². The molecule has 1 fully saturated rings. The lowest BCUT2D eigenvalue weighted by Gasteiger charge is -2.37. The highest BCUT2D eigenvalue weighted by Gasteiger charge is 2.25. The maximum absolute atomic E-state index is 15.5. The number of aryl methyl sites for hydroxylation is 1. The van der Waals surface area contributed by atoms with Crippen LogP contribution in [-0.4, -0.2) is 55.5 Å². The Kier molecular flexibility index (Phi) is 5.43. The minimum atomic E-state index is -0.580. The minimum Gasteiger partial charge on any atom is -0.368 e. The molecule has 34 heavy (non-hydrogen) atoms. The quantitative estimate of drug-likeness (QED) is 0.472. The smallest absolute Gasteiger partial charge is 0.247 e. The number of carbonyl (C=O) groups is 1. The Hall–Kier alpha value is -3.60. The van der Waals surface area contributed by atoms with E-state index in [4.69, 9.17) is 0 Å². The summed E-state index contributed by atoms with van der Waals surface area (Å²) in [5.74, 6) is -0.816. The number of halogens is 2. The van der Waals surface area contributed by atoms with Crippen LogP contribution >= 0.6 is 0 Å². The van der Waals surface area contributed by atoms with Crippen molar-refractivity contribution in [3.8, 4) is 0 Å². The van der Waals surface area contributed by atoms with Crippen molar-refractivity contribution in [3.63, 3.8) is 0 Å². The van der Waals surface area contributed by atoms with Crippen molar-refractivity contribution in [2.75, 3.05) is 23.3 Å². The summed E-state index contributed by atoms with van der Waals surface area (Å²) in [6.07, 6.45) is 1.74. The van der Waals surface area contributed by atoms with E-state index in [0.717, 1.165) is 0 Å². The molecular formula is C23H26F2N8O. The van der Waals surface area contributed by atoms with E-state index in [1.54, 1.807) is 26.1 Å². The van der Waals surface area contributed by atoms with Crippen molar-refractivity contribution in [1.82, 2.24) is 29.7 Å². The summed E-state index contributed by atoms with van der Waals surface area (Å²) in [6, 6.07) is 4.98. The second-order valence-corrected chi connectivity index (χ2v) is 8.83. The van der Waals surface area contributed by atoms with Gasteiger partial charge in [-0.1, -0.05) is 6.92 Å². The first-order valence-corrected chi connectivity index (χ1v) is 11.3. The van der Waals surface area contributed by atoms with E-state index in [1.165, 1.54) is 21.3 Å². The molecule has 0 bridgehead atoms. The first-order chi connectivity index (χ1) is 16.2. The average molecular weight is 469 g/mol. The van der Waals surface area contributed by atoms with Gasteiger partial charge in [0.25, 0.3) is 0 Å². The van der Waals surface area contributed by atoms with Gasteiger partial charge < -0.3 is 15.5 Å². The van der Waals surface area contributed by atoms with Crippen LogP contribution < -0.4 is 15.5 Å². The molecule has 2 atom stereocenters. The Bertz CT molecular complexity index is 1400. The van der Waals surface area contributed by atoms with Crippen molar-refractivity contribution in [2.24, 2.45) is 0 Å². The van der Waals surface area contributed by atoms with E-state index < -0.39 is 11.6 Å². The molecular weight excluding hydrogens is 442 g/mol. The molecule has 4 heterocycles. The van der Waals surface area contributed by atoms with Gasteiger partial charge in [0.1, 0.15) is 11.6 Å². The fourth-order valence-electron chi connectivity index (χ4n) is 4.59. The van der Waals surface area contributed by atoms with Crippen LogP contribution in [0, 0.1) is 18.6 Å². The Morgan fingerprint density at radius 1 is 1.15 bits per heavy atom. The lowest BCUT2D eigenvalue weighted by molar-refractivity contribution is 0.0899. The fourth-order valence-corrected chi connectivity index (χ4v) is 4.59. The highest BCUT2D eigenvalue weighted by atomic mass is 19.1. The number of aromatic nitrogens is 5. The van der Waals surface area contributed by atoms with Crippen molar-refractivity contribution < 1.29 is 13.6 Å². The number of fused-ring (bicyclic) bond motifs is 2. The van der Waals surface area contributed by atoms with E-state index >= 15 is 4.39 Å². The molecule has 178 valence electrons. The lowest BCUT2D eigenvalue weighted by atomic mass is 10.1. The molecule has 0 saturated carbocycles. The third kappa shape index (κ3) is 3.85. The van der Waals surface area contributed by atoms with Crippen molar-refractivity contribution in [3.05, 3.63) is 41.9 Å². The number of carbonyl (C=O) groups excluding carboxylic acids is 1. The Balaban J connectivity index is 1.61. The SMILES string of the molecule is CCC(=O)n1nc(Nc2cc(F)c3nc(C)nn3c2)c2c(F)cc(N3C[C@H](C)N[C@@H](C)C3)cc21. The normalized spacial score (nSPS) is 18.7. The van der Waals surface area contributed by atoms with Gasteiger partial charge in [0, 0.05) is 43.3 Å². The highest BCUT2D eigenvalue weighted by Crippen LogP contribution is 2.33. The molecule has 5 rings (SSSR count). The van der Waals surface area contributed by atoms with Crippen LogP contribution in [-0.2, 0) is 0 Å². The summed E-state index contributed by atoms with van der Waals surface area (Å²) in [5, 5.41) is 15.1. The monoisotopic (exact) mass is 468 g/mol. The van der Waals surface area contributed by atoms with Gasteiger partial charge in [-0.25, -0.2) is 18.3 Å². The Morgan fingerprint density at radius 2 is 1.88 bits per heavy atom. The molecule has 0 amide bonds. The zero-order valence-electron chi connectivity index (χ0n) is 19.4. The number of hydrogen-bond acceptors (Lipinski definition) is 7. The Morgan fingerprint density at radius 3 is 2.59 bits per heavy atom. The van der Waals surface area contributed by atoms with Crippen LogP contribution in [0.3, 0.4) is 0 Å². The average Bonchev–Trinajstić information content (AvgIpc) is 3.33. The zero-order chi connectivity index (χ0) is 24.1. The van der Waals surface area contributed by atoms with Gasteiger partial charge in [-0.05, 0) is 32.9 Å². The summed E-state index contributed by atoms with van der Waals surface area (Å²) < 4.78 is 32.6. The predicted octanol–water partition coefficient (Wildman–Crippen LogP) is 3.65. The first kappa shape index (κ1) is 22.2. The number of piperazine rings is 1. The maximum Gasteiger partial charge on any atom is 0.247 e. The molecule has 9 nitrogen and oxygen atoms in total. The minimum absolute atomic E-state index is 0.0925. The molecule has 1 aromatic carbocycles. The topological polar surface area (TPSA) is 92.4 Å². The fraction of sp³-hybridized carbons (Fsp3) is 0.391. The number of nitrogens with zero attached hydrogens (tertiary/aromatic N) is 6. The van der Waals surface area contributed by atoms with Gasteiger partial charge in [0.2, 0.25) is 5.91 Å². The van der Waals surface area contributed by atoms with Crippen molar-refractivity contribution in [1.29, 1.82) is 0 Å². The first-order valence-electron chi connectivity index (χ1n) is 11.3. The van der Waals surface area contributed by atoms with Crippen molar-refractivity contribution >= 4 is 39.6 Å². The molecule has 11 heteroatoms. The third-order valence-electron chi connectivity index (χ3n) is 5.94. The van der Waals surface area contributed by atoms with E-state index in [2.05, 4.69) is 44.6 Å². The third-order valence-corrected chi connectivity index (χ3v) is 5.94. The predicted molar refractivity (Wildman–Crippen MR) is 126 cm³/mol. The molecule has 0 spiro atoms. The largest absolute Gasteiger partial charge is 0.368 e. The molecule has 3 aromatic heterocycles. The lowest BCUT2D eigenvalue weighted by Crippen LogP contribution is -2.54. The van der Waals surface area contributed by atoms with Gasteiger partial charge >= 0.3 is 0 Å². The number of nitrogens with one attached hydrogen (secondary N) is 2. The molecule has 0 unspecified atom stereocenters. The Labute approximate surface area is 194 Å². The van der Waals surface area contributed by atoms with Gasteiger partial charge in [-0.2, -0.15) is 9.78 Å². The summed E-state index contributed by atoms with van der Waals surface area (Å²) in [4.78, 5) is 18.8. The zero-order valence-corrected chi connectivity index (χ0v) is 19.4. The molecule has 0 radical (unpaired) electrons. The van der Waals surface area contributed by atoms with E-state index in [1.807, 2.05) is 0 Å². The van der Waals surface area contributed by atoms with Crippen LogP contribution in [0.15, 0.2) is 24.4 Å². The van der Waals surface area contributed by atoms with Crippen LogP contribution in [0.1, 0.15) is 37.8 Å². The molecule has 1 saturated heterocycles. The van der Waals surface area contributed by atoms with Gasteiger partial charge in [0.15, 0.2) is 17.3 Å². The van der Waals surface area contributed by atoms with Crippen LogP contribution in [0.4, 0.5) is 26.0 Å². The highest BCUT2D eigenvalue weighted by molar-refractivity contribution is 6.00. The molecule has 0 aliphatic carbocycles. The van der Waals surface area contributed by atoms with Crippen LogP contribution in [0.2, 0.25) is 0 Å². The van der Waals surface area contributed by atoms with Crippen LogP contribution in [0.25, 0.3) is 16.6 Å². The summed E-state index contributed by atoms with van der Waals surface area (Å²) >= 11 is 0. The summed E-state index contributed by atoms with van der Waals surface area (Å²) in [5.41, 5.74) is 1.45. The number of benzene rings is 1. The van der Waals surface area contributed by atoms with E-state index in [0.29, 0.717) is 35.8 Å². The van der Waals surface area contributed by atoms with E-state index in [9.17, 15) is 9.18 Å². The number of anilines is 3.